The number of aromatic nitrogens is 2. The Morgan fingerprint density at radius 1 is 1.44 bits per heavy atom. The average Bonchev–Trinajstić information content (AvgIpc) is 2.77. The van der Waals surface area contributed by atoms with E-state index >= 15 is 0 Å². The molecular weight excluding hydrogens is 276 g/mol. The average molecular weight is 287 g/mol. The minimum absolute atomic E-state index is 0.117. The Kier molecular flexibility index (Phi) is 3.43. The highest BCUT2D eigenvalue weighted by Crippen LogP contribution is 2.23. The second kappa shape index (κ2) is 4.72. The van der Waals surface area contributed by atoms with Gasteiger partial charge in [-0.05, 0) is 12.1 Å². The van der Waals surface area contributed by atoms with Crippen molar-refractivity contribution in [3.05, 3.63) is 41.2 Å². The molecule has 0 fully saturated rings. The molecule has 7 heteroatoms. The van der Waals surface area contributed by atoms with Crippen LogP contribution < -0.4 is 0 Å². The zero-order chi connectivity index (χ0) is 13.3. The van der Waals surface area contributed by atoms with Crippen LogP contribution in [0.3, 0.4) is 0 Å². The second-order valence-corrected chi connectivity index (χ2v) is 6.21. The summed E-state index contributed by atoms with van der Waals surface area (Å²) in [7, 11) is -3.30. The van der Waals surface area contributed by atoms with E-state index in [1.165, 1.54) is 17.1 Å². The lowest BCUT2D eigenvalue weighted by molar-refractivity contribution is 0.281. The van der Waals surface area contributed by atoms with Crippen molar-refractivity contribution in [1.82, 2.24) is 9.78 Å². The molecule has 0 amide bonds. The summed E-state index contributed by atoms with van der Waals surface area (Å²) >= 11 is 5.96. The molecule has 1 aromatic heterocycles. The van der Waals surface area contributed by atoms with E-state index in [9.17, 15) is 13.5 Å². The predicted octanol–water partition coefficient (Wildman–Crippen LogP) is 1.42. The summed E-state index contributed by atoms with van der Waals surface area (Å²) in [6, 6.07) is 5.06. The van der Waals surface area contributed by atoms with Crippen molar-refractivity contribution in [3.63, 3.8) is 0 Å². The van der Waals surface area contributed by atoms with E-state index in [1.54, 1.807) is 18.2 Å². The zero-order valence-corrected chi connectivity index (χ0v) is 11.1. The minimum Gasteiger partial charge on any atom is -0.392 e. The number of hydrogen-bond donors (Lipinski definition) is 1. The second-order valence-electron chi connectivity index (χ2n) is 3.79. The molecule has 0 aliphatic heterocycles. The van der Waals surface area contributed by atoms with E-state index in [4.69, 9.17) is 11.6 Å². The molecule has 0 atom stereocenters. The molecule has 0 aliphatic rings. The molecule has 0 radical (unpaired) electrons. The van der Waals surface area contributed by atoms with Gasteiger partial charge in [0, 0.05) is 23.0 Å². The number of halogens is 1. The van der Waals surface area contributed by atoms with E-state index in [0.29, 0.717) is 16.3 Å². The lowest BCUT2D eigenvalue weighted by atomic mass is 10.2. The van der Waals surface area contributed by atoms with Crippen LogP contribution in [0.15, 0.2) is 35.5 Å². The molecule has 0 unspecified atom stereocenters. The fraction of sp³-hybridized carbons (Fsp3) is 0.182. The van der Waals surface area contributed by atoms with E-state index < -0.39 is 9.84 Å². The van der Waals surface area contributed by atoms with Crippen LogP contribution in [0, 0.1) is 0 Å². The first-order valence-corrected chi connectivity index (χ1v) is 7.34. The van der Waals surface area contributed by atoms with E-state index in [1.807, 2.05) is 0 Å². The van der Waals surface area contributed by atoms with Crippen LogP contribution in [0.5, 0.6) is 0 Å². The molecule has 0 saturated heterocycles. The van der Waals surface area contributed by atoms with Crippen molar-refractivity contribution in [2.45, 2.75) is 11.5 Å². The first-order valence-electron chi connectivity index (χ1n) is 5.07. The third kappa shape index (κ3) is 2.40. The topological polar surface area (TPSA) is 72.2 Å². The third-order valence-electron chi connectivity index (χ3n) is 2.49. The van der Waals surface area contributed by atoms with Crippen LogP contribution in [0.4, 0.5) is 0 Å². The maximum atomic E-state index is 11.4. The normalized spacial score (nSPS) is 11.7. The highest BCUT2D eigenvalue weighted by Gasteiger charge is 2.13. The molecule has 5 nitrogen and oxygen atoms in total. The molecule has 2 aromatic rings. The summed E-state index contributed by atoms with van der Waals surface area (Å²) < 4.78 is 24.1. The molecule has 0 saturated carbocycles. The number of nitrogens with zero attached hydrogens (tertiary/aromatic N) is 2. The Hall–Kier alpha value is -1.37. The van der Waals surface area contributed by atoms with Crippen molar-refractivity contribution >= 4 is 21.4 Å². The summed E-state index contributed by atoms with van der Waals surface area (Å²) in [6.45, 7) is -0.247. The fourth-order valence-electron chi connectivity index (χ4n) is 1.55. The lowest BCUT2D eigenvalue weighted by Gasteiger charge is -2.08. The van der Waals surface area contributed by atoms with E-state index in [0.717, 1.165) is 6.26 Å². The van der Waals surface area contributed by atoms with E-state index in [-0.39, 0.29) is 11.5 Å². The highest BCUT2D eigenvalue weighted by atomic mass is 35.5. The number of rotatable bonds is 3. The van der Waals surface area contributed by atoms with E-state index in [2.05, 4.69) is 5.10 Å². The van der Waals surface area contributed by atoms with Crippen LogP contribution in [0.25, 0.3) is 5.69 Å². The summed E-state index contributed by atoms with van der Waals surface area (Å²) in [4.78, 5) is 0.117. The molecule has 1 heterocycles. The Bertz CT molecular complexity index is 679. The van der Waals surface area contributed by atoms with Gasteiger partial charge in [-0.3, -0.25) is 0 Å². The van der Waals surface area contributed by atoms with Crippen molar-refractivity contribution in [2.24, 2.45) is 0 Å². The Balaban J connectivity index is 2.57. The minimum atomic E-state index is -3.30. The SMILES string of the molecule is CS(=O)(=O)c1cnn(-c2cccc(Cl)c2CO)c1. The molecule has 0 aliphatic carbocycles. The van der Waals surface area contributed by atoms with Crippen molar-refractivity contribution in [2.75, 3.05) is 6.26 Å². The van der Waals surface area contributed by atoms with Gasteiger partial charge in [-0.1, -0.05) is 17.7 Å². The Morgan fingerprint density at radius 3 is 2.72 bits per heavy atom. The number of benzene rings is 1. The smallest absolute Gasteiger partial charge is 0.178 e. The summed E-state index contributed by atoms with van der Waals surface area (Å²) in [5.74, 6) is 0. The molecule has 0 spiro atoms. The predicted molar refractivity (Wildman–Crippen MR) is 67.6 cm³/mol. The molecule has 0 bridgehead atoms. The maximum Gasteiger partial charge on any atom is 0.178 e. The van der Waals surface area contributed by atoms with Gasteiger partial charge in [-0.2, -0.15) is 5.10 Å². The number of sulfone groups is 1. The van der Waals surface area contributed by atoms with Gasteiger partial charge in [0.25, 0.3) is 0 Å². The van der Waals surface area contributed by atoms with Crippen LogP contribution >= 0.6 is 11.6 Å². The van der Waals surface area contributed by atoms with Gasteiger partial charge in [0.2, 0.25) is 0 Å². The van der Waals surface area contributed by atoms with Gasteiger partial charge in [0.1, 0.15) is 4.90 Å². The highest BCUT2D eigenvalue weighted by molar-refractivity contribution is 7.90. The monoisotopic (exact) mass is 286 g/mol. The Labute approximate surface area is 110 Å². The zero-order valence-electron chi connectivity index (χ0n) is 9.54. The standard InChI is InChI=1S/C11H11ClN2O3S/c1-18(16,17)8-5-13-14(6-8)11-4-2-3-10(12)9(11)7-15/h2-6,15H,7H2,1H3. The van der Waals surface area contributed by atoms with Gasteiger partial charge >= 0.3 is 0 Å². The molecule has 2 rings (SSSR count). The van der Waals surface area contributed by atoms with Crippen molar-refractivity contribution < 1.29 is 13.5 Å². The molecule has 18 heavy (non-hydrogen) atoms. The number of aliphatic hydroxyl groups excluding tert-OH is 1. The number of hydrogen-bond acceptors (Lipinski definition) is 4. The maximum absolute atomic E-state index is 11.4. The van der Waals surface area contributed by atoms with Crippen LogP contribution in [0.2, 0.25) is 5.02 Å². The summed E-state index contributed by atoms with van der Waals surface area (Å²) in [5, 5.41) is 13.7. The lowest BCUT2D eigenvalue weighted by Crippen LogP contribution is -2.01. The summed E-state index contributed by atoms with van der Waals surface area (Å²) in [5.41, 5.74) is 1.06. The first kappa shape index (κ1) is 13.1. The van der Waals surface area contributed by atoms with Gasteiger partial charge in [0.15, 0.2) is 9.84 Å². The van der Waals surface area contributed by atoms with Crippen LogP contribution in [-0.4, -0.2) is 29.6 Å². The molecule has 1 N–H and O–H groups in total. The first-order chi connectivity index (χ1) is 8.43. The third-order valence-corrected chi connectivity index (χ3v) is 3.91. The molecule has 1 aromatic carbocycles. The quantitative estimate of drug-likeness (QED) is 0.926. The van der Waals surface area contributed by atoms with Crippen LogP contribution in [0.1, 0.15) is 5.56 Å². The van der Waals surface area contributed by atoms with Crippen LogP contribution in [-0.2, 0) is 16.4 Å². The molecular formula is C11H11ClN2O3S. The van der Waals surface area contributed by atoms with Gasteiger partial charge in [0.05, 0.1) is 18.5 Å². The van der Waals surface area contributed by atoms with Gasteiger partial charge in [-0.15, -0.1) is 0 Å². The largest absolute Gasteiger partial charge is 0.392 e. The van der Waals surface area contributed by atoms with Gasteiger partial charge < -0.3 is 5.11 Å². The number of aliphatic hydroxyl groups is 1. The molecule has 96 valence electrons. The fourth-order valence-corrected chi connectivity index (χ4v) is 2.31. The van der Waals surface area contributed by atoms with Gasteiger partial charge in [-0.25, -0.2) is 13.1 Å². The Morgan fingerprint density at radius 2 is 2.17 bits per heavy atom. The van der Waals surface area contributed by atoms with Crippen molar-refractivity contribution in [3.8, 4) is 5.69 Å². The van der Waals surface area contributed by atoms with Crippen molar-refractivity contribution in [1.29, 1.82) is 0 Å². The summed E-state index contributed by atoms with van der Waals surface area (Å²) in [6.07, 6.45) is 3.76.